The van der Waals surface area contributed by atoms with Gasteiger partial charge < -0.3 is 18.9 Å². The van der Waals surface area contributed by atoms with Crippen molar-refractivity contribution in [2.24, 2.45) is 11.8 Å². The van der Waals surface area contributed by atoms with Crippen molar-refractivity contribution in [3.63, 3.8) is 0 Å². The zero-order valence-electron chi connectivity index (χ0n) is 14.6. The summed E-state index contributed by atoms with van der Waals surface area (Å²) >= 11 is 0. The van der Waals surface area contributed by atoms with Gasteiger partial charge in [-0.05, 0) is 18.6 Å². The Kier molecular flexibility index (Phi) is 6.76. The molecule has 1 aromatic rings. The molecule has 0 aromatic heterocycles. The number of ether oxygens (including phenoxy) is 4. The van der Waals surface area contributed by atoms with Crippen LogP contribution in [-0.2, 0) is 18.9 Å². The Hall–Kier alpha value is -1.08. The van der Waals surface area contributed by atoms with Gasteiger partial charge in [0.15, 0.2) is 24.2 Å². The first kappa shape index (κ1) is 18.7. The highest BCUT2D eigenvalue weighted by Gasteiger charge is 2.34. The van der Waals surface area contributed by atoms with E-state index in [2.05, 4.69) is 6.92 Å². The minimum absolute atomic E-state index is 0.0156. The maximum absolute atomic E-state index is 13.3. The Morgan fingerprint density at radius 2 is 1.64 bits per heavy atom. The summed E-state index contributed by atoms with van der Waals surface area (Å²) in [6.07, 6.45) is 3.80. The molecule has 2 saturated heterocycles. The summed E-state index contributed by atoms with van der Waals surface area (Å²) in [5, 5.41) is 0. The van der Waals surface area contributed by atoms with E-state index in [-0.39, 0.29) is 12.2 Å². The second-order valence-corrected chi connectivity index (χ2v) is 6.83. The number of hydrogen-bond acceptors (Lipinski definition) is 4. The van der Waals surface area contributed by atoms with E-state index in [1.807, 2.05) is 0 Å². The van der Waals surface area contributed by atoms with Gasteiger partial charge in [-0.1, -0.05) is 32.3 Å². The molecular formula is C19H26F2O4. The Labute approximate surface area is 147 Å². The number of benzene rings is 1. The first-order chi connectivity index (χ1) is 12.2. The summed E-state index contributed by atoms with van der Waals surface area (Å²) in [6.45, 7) is 4.40. The van der Waals surface area contributed by atoms with Gasteiger partial charge in [0.1, 0.15) is 0 Å². The van der Waals surface area contributed by atoms with Crippen LogP contribution < -0.4 is 0 Å². The quantitative estimate of drug-likeness (QED) is 0.716. The van der Waals surface area contributed by atoms with Gasteiger partial charge >= 0.3 is 0 Å². The topological polar surface area (TPSA) is 36.9 Å². The fourth-order valence-corrected chi connectivity index (χ4v) is 3.21. The fraction of sp³-hybridized carbons (Fsp3) is 0.684. The molecule has 0 saturated carbocycles. The van der Waals surface area contributed by atoms with Gasteiger partial charge in [0, 0.05) is 11.5 Å². The zero-order valence-corrected chi connectivity index (χ0v) is 14.6. The molecule has 140 valence electrons. The van der Waals surface area contributed by atoms with Gasteiger partial charge in [-0.2, -0.15) is 0 Å². The molecule has 0 N–H and O–H groups in total. The molecule has 0 spiro atoms. The standard InChI is InChI=1S/C19H26F2O4/c1-2-3-4-5-13-9-22-19(23-10-13)15-11-24-18(25-12-15)14-6-7-16(20)17(21)8-14/h6-8,13,15,18-19H,2-5,9-12H2,1H3/t13-,15-,18-,19-. The SMILES string of the molecule is CCCCC[C@H]1CO[C@H]([C@H]2CO[C@H](c3ccc(F)c(F)c3)OC2)OC1. The first-order valence-electron chi connectivity index (χ1n) is 9.08. The predicted molar refractivity (Wildman–Crippen MR) is 87.8 cm³/mol. The highest BCUT2D eigenvalue weighted by atomic mass is 19.2. The summed E-state index contributed by atoms with van der Waals surface area (Å²) in [5.41, 5.74) is 0.471. The van der Waals surface area contributed by atoms with Gasteiger partial charge in [0.05, 0.1) is 32.3 Å². The smallest absolute Gasteiger partial charge is 0.183 e. The van der Waals surface area contributed by atoms with Crippen LogP contribution in [0.5, 0.6) is 0 Å². The summed E-state index contributed by atoms with van der Waals surface area (Å²) in [7, 11) is 0. The monoisotopic (exact) mass is 356 g/mol. The largest absolute Gasteiger partial charge is 0.352 e. The average Bonchev–Trinajstić information content (AvgIpc) is 2.65. The molecule has 2 fully saturated rings. The maximum Gasteiger partial charge on any atom is 0.183 e. The fourth-order valence-electron chi connectivity index (χ4n) is 3.21. The van der Waals surface area contributed by atoms with Crippen LogP contribution in [0.15, 0.2) is 18.2 Å². The predicted octanol–water partition coefficient (Wildman–Crippen LogP) is 4.20. The molecule has 0 aliphatic carbocycles. The van der Waals surface area contributed by atoms with Crippen LogP contribution in [0.4, 0.5) is 8.78 Å². The Balaban J connectivity index is 1.43. The van der Waals surface area contributed by atoms with Gasteiger partial charge in [0.25, 0.3) is 0 Å². The molecule has 0 radical (unpaired) electrons. The molecule has 25 heavy (non-hydrogen) atoms. The number of hydrogen-bond donors (Lipinski definition) is 0. The van der Waals surface area contributed by atoms with E-state index >= 15 is 0 Å². The minimum atomic E-state index is -0.903. The van der Waals surface area contributed by atoms with Crippen LogP contribution in [0.25, 0.3) is 0 Å². The Morgan fingerprint density at radius 1 is 0.920 bits per heavy atom. The Bertz CT molecular complexity index is 538. The third-order valence-electron chi connectivity index (χ3n) is 4.73. The van der Waals surface area contributed by atoms with Crippen molar-refractivity contribution in [2.75, 3.05) is 26.4 Å². The van der Waals surface area contributed by atoms with Crippen LogP contribution in [0.2, 0.25) is 0 Å². The summed E-state index contributed by atoms with van der Waals surface area (Å²) < 4.78 is 49.3. The molecule has 2 heterocycles. The molecule has 2 aliphatic rings. The highest BCUT2D eigenvalue weighted by molar-refractivity contribution is 5.19. The van der Waals surface area contributed by atoms with Gasteiger partial charge in [-0.3, -0.25) is 0 Å². The van der Waals surface area contributed by atoms with Crippen LogP contribution in [0.1, 0.15) is 44.5 Å². The number of halogens is 2. The van der Waals surface area contributed by atoms with Crippen molar-refractivity contribution in [1.82, 2.24) is 0 Å². The van der Waals surface area contributed by atoms with Gasteiger partial charge in [-0.15, -0.1) is 0 Å². The number of rotatable bonds is 6. The first-order valence-corrected chi connectivity index (χ1v) is 9.08. The third kappa shape index (κ3) is 4.97. The molecule has 0 atom stereocenters. The van der Waals surface area contributed by atoms with E-state index in [0.29, 0.717) is 37.9 Å². The second kappa shape index (κ2) is 9.03. The third-order valence-corrected chi connectivity index (χ3v) is 4.73. The van der Waals surface area contributed by atoms with Crippen LogP contribution in [-0.4, -0.2) is 32.7 Å². The van der Waals surface area contributed by atoms with Gasteiger partial charge in [0.2, 0.25) is 0 Å². The number of unbranched alkanes of at least 4 members (excludes halogenated alkanes) is 2. The van der Waals surface area contributed by atoms with Crippen LogP contribution in [0, 0.1) is 23.5 Å². The van der Waals surface area contributed by atoms with E-state index in [1.165, 1.54) is 25.3 Å². The second-order valence-electron chi connectivity index (χ2n) is 6.83. The molecular weight excluding hydrogens is 330 g/mol. The minimum Gasteiger partial charge on any atom is -0.352 e. The van der Waals surface area contributed by atoms with E-state index in [9.17, 15) is 8.78 Å². The maximum atomic E-state index is 13.3. The van der Waals surface area contributed by atoms with E-state index < -0.39 is 17.9 Å². The highest BCUT2D eigenvalue weighted by Crippen LogP contribution is 2.30. The van der Waals surface area contributed by atoms with Crippen molar-refractivity contribution in [3.8, 4) is 0 Å². The lowest BCUT2D eigenvalue weighted by atomic mass is 10.0. The molecule has 1 aromatic carbocycles. The van der Waals surface area contributed by atoms with Crippen LogP contribution in [0.3, 0.4) is 0 Å². The van der Waals surface area contributed by atoms with Crippen molar-refractivity contribution in [2.45, 2.75) is 45.2 Å². The lowest BCUT2D eigenvalue weighted by Gasteiger charge is -2.37. The Morgan fingerprint density at radius 3 is 2.28 bits per heavy atom. The van der Waals surface area contributed by atoms with Crippen molar-refractivity contribution >= 4 is 0 Å². The summed E-state index contributed by atoms with van der Waals surface area (Å²) in [4.78, 5) is 0. The summed E-state index contributed by atoms with van der Waals surface area (Å²) in [5.74, 6) is -1.34. The van der Waals surface area contributed by atoms with Crippen LogP contribution >= 0.6 is 0 Å². The van der Waals surface area contributed by atoms with Gasteiger partial charge in [-0.25, -0.2) is 8.78 Å². The van der Waals surface area contributed by atoms with Crippen molar-refractivity contribution in [1.29, 1.82) is 0 Å². The lowest BCUT2D eigenvalue weighted by Crippen LogP contribution is -2.43. The molecule has 4 nitrogen and oxygen atoms in total. The normalized spacial score (nSPS) is 30.4. The zero-order chi connectivity index (χ0) is 17.6. The summed E-state index contributed by atoms with van der Waals surface area (Å²) in [6, 6.07) is 3.66. The molecule has 3 rings (SSSR count). The van der Waals surface area contributed by atoms with E-state index in [4.69, 9.17) is 18.9 Å². The van der Waals surface area contributed by atoms with Crippen molar-refractivity contribution in [3.05, 3.63) is 35.4 Å². The molecule has 0 unspecified atom stereocenters. The molecule has 0 bridgehead atoms. The van der Waals surface area contributed by atoms with E-state index in [1.54, 1.807) is 0 Å². The average molecular weight is 356 g/mol. The van der Waals surface area contributed by atoms with Crippen molar-refractivity contribution < 1.29 is 27.7 Å². The van der Waals surface area contributed by atoms with E-state index in [0.717, 1.165) is 18.6 Å². The molecule has 2 aliphatic heterocycles. The molecule has 0 amide bonds. The lowest BCUT2D eigenvalue weighted by molar-refractivity contribution is -0.283. The molecule has 6 heteroatoms.